The Morgan fingerprint density at radius 3 is 2.62 bits per heavy atom. The average Bonchev–Trinajstić information content (AvgIpc) is 3.43. The maximum absolute atomic E-state index is 13.2. The highest BCUT2D eigenvalue weighted by atomic mass is 32.2. The third kappa shape index (κ3) is 5.27. The first-order valence-corrected chi connectivity index (χ1v) is 9.80. The summed E-state index contributed by atoms with van der Waals surface area (Å²) in [5.41, 5.74) is 7.07. The van der Waals surface area contributed by atoms with Crippen LogP contribution < -0.4 is 15.8 Å². The van der Waals surface area contributed by atoms with Gasteiger partial charge >= 0.3 is 0 Å². The Bertz CT molecular complexity index is 911. The highest BCUT2D eigenvalue weighted by Gasteiger charge is 2.21. The maximum atomic E-state index is 13.2. The summed E-state index contributed by atoms with van der Waals surface area (Å²) < 4.78 is 40.6. The van der Waals surface area contributed by atoms with Crippen molar-refractivity contribution in [1.29, 1.82) is 0 Å². The van der Waals surface area contributed by atoms with Crippen LogP contribution in [0.15, 0.2) is 58.4 Å². The quantitative estimate of drug-likeness (QED) is 0.508. The lowest BCUT2D eigenvalue weighted by Crippen LogP contribution is -2.33. The van der Waals surface area contributed by atoms with E-state index in [-0.39, 0.29) is 11.4 Å². The van der Waals surface area contributed by atoms with Gasteiger partial charge in [-0.05, 0) is 48.2 Å². The van der Waals surface area contributed by atoms with E-state index in [0.717, 1.165) is 18.4 Å². The zero-order valence-corrected chi connectivity index (χ0v) is 15.0. The molecule has 1 saturated carbocycles. The highest BCUT2D eigenvalue weighted by Crippen LogP contribution is 2.18. The van der Waals surface area contributed by atoms with Gasteiger partial charge in [0, 0.05) is 12.6 Å². The molecular weight excluding hydrogens is 355 g/mol. The van der Waals surface area contributed by atoms with Crippen molar-refractivity contribution in [2.24, 2.45) is 10.7 Å². The number of rotatable bonds is 7. The standard InChI is InChI=1S/C18H21FN4O2S/c19-15-5-1-3-13(9-15)12-22-26(24,25)17-6-2-4-14(10-17)11-21-18(20)23-16-7-8-16/h1-6,9-10,16,22H,7-8,11-12H2,(H3,20,21,23). The van der Waals surface area contributed by atoms with E-state index in [9.17, 15) is 12.8 Å². The second-order valence-corrected chi connectivity index (χ2v) is 7.99. The Labute approximate surface area is 152 Å². The van der Waals surface area contributed by atoms with Crippen LogP contribution in [0.3, 0.4) is 0 Å². The number of nitrogens with two attached hydrogens (primary N) is 1. The zero-order valence-electron chi connectivity index (χ0n) is 14.2. The third-order valence-electron chi connectivity index (χ3n) is 3.93. The van der Waals surface area contributed by atoms with Crippen LogP contribution in [0.2, 0.25) is 0 Å². The molecule has 0 unspecified atom stereocenters. The Morgan fingerprint density at radius 2 is 1.88 bits per heavy atom. The van der Waals surface area contributed by atoms with Crippen LogP contribution in [-0.2, 0) is 23.1 Å². The molecule has 26 heavy (non-hydrogen) atoms. The molecule has 1 aliphatic carbocycles. The predicted molar refractivity (Wildman–Crippen MR) is 98.4 cm³/mol. The minimum Gasteiger partial charge on any atom is -0.370 e. The second-order valence-electron chi connectivity index (χ2n) is 6.22. The molecule has 2 aromatic rings. The molecule has 0 saturated heterocycles. The van der Waals surface area contributed by atoms with Crippen molar-refractivity contribution in [2.75, 3.05) is 0 Å². The molecule has 0 atom stereocenters. The van der Waals surface area contributed by atoms with Crippen molar-refractivity contribution in [3.05, 3.63) is 65.5 Å². The van der Waals surface area contributed by atoms with E-state index in [1.165, 1.54) is 24.3 Å². The minimum absolute atomic E-state index is 0.0146. The Hall–Kier alpha value is -2.45. The van der Waals surface area contributed by atoms with Crippen LogP contribution in [0, 0.1) is 5.82 Å². The lowest BCUT2D eigenvalue weighted by atomic mass is 10.2. The van der Waals surface area contributed by atoms with E-state index in [0.29, 0.717) is 24.1 Å². The summed E-state index contributed by atoms with van der Waals surface area (Å²) in [4.78, 5) is 4.36. The summed E-state index contributed by atoms with van der Waals surface area (Å²) in [6.45, 7) is 0.305. The Balaban J connectivity index is 1.65. The number of sulfonamides is 1. The first-order chi connectivity index (χ1) is 12.4. The molecule has 0 amide bonds. The molecule has 138 valence electrons. The fourth-order valence-corrected chi connectivity index (χ4v) is 3.47. The van der Waals surface area contributed by atoms with Crippen molar-refractivity contribution in [3.8, 4) is 0 Å². The molecule has 1 fully saturated rings. The van der Waals surface area contributed by atoms with E-state index >= 15 is 0 Å². The summed E-state index contributed by atoms with van der Waals surface area (Å²) in [5, 5.41) is 3.08. The van der Waals surface area contributed by atoms with Gasteiger partial charge in [-0.3, -0.25) is 0 Å². The second kappa shape index (κ2) is 7.84. The number of halogens is 1. The van der Waals surface area contributed by atoms with Gasteiger partial charge in [-0.25, -0.2) is 22.5 Å². The predicted octanol–water partition coefficient (Wildman–Crippen LogP) is 1.87. The number of benzene rings is 2. The molecule has 4 N–H and O–H groups in total. The molecule has 0 spiro atoms. The lowest BCUT2D eigenvalue weighted by molar-refractivity contribution is 0.580. The number of hydrogen-bond donors (Lipinski definition) is 3. The van der Waals surface area contributed by atoms with Crippen molar-refractivity contribution < 1.29 is 12.8 Å². The smallest absolute Gasteiger partial charge is 0.240 e. The summed E-state index contributed by atoms with van der Waals surface area (Å²) in [7, 11) is -3.71. The van der Waals surface area contributed by atoms with Gasteiger partial charge < -0.3 is 11.1 Å². The van der Waals surface area contributed by atoms with Crippen LogP contribution >= 0.6 is 0 Å². The van der Waals surface area contributed by atoms with Crippen LogP contribution in [-0.4, -0.2) is 20.4 Å². The summed E-state index contributed by atoms with van der Waals surface area (Å²) in [5.74, 6) is -0.0380. The number of guanidine groups is 1. The first kappa shape index (κ1) is 18.3. The van der Waals surface area contributed by atoms with Gasteiger partial charge in [-0.2, -0.15) is 0 Å². The number of nitrogens with one attached hydrogen (secondary N) is 2. The minimum atomic E-state index is -3.71. The van der Waals surface area contributed by atoms with E-state index in [2.05, 4.69) is 15.0 Å². The van der Waals surface area contributed by atoms with E-state index in [1.54, 1.807) is 24.3 Å². The van der Waals surface area contributed by atoms with Gasteiger partial charge in [0.15, 0.2) is 5.96 Å². The number of aliphatic imine (C=N–C) groups is 1. The number of hydrogen-bond acceptors (Lipinski definition) is 3. The molecule has 0 bridgehead atoms. The van der Waals surface area contributed by atoms with E-state index < -0.39 is 15.8 Å². The van der Waals surface area contributed by atoms with Gasteiger partial charge in [0.1, 0.15) is 5.82 Å². The van der Waals surface area contributed by atoms with Gasteiger partial charge in [-0.15, -0.1) is 0 Å². The van der Waals surface area contributed by atoms with Gasteiger partial charge in [-0.1, -0.05) is 24.3 Å². The molecular formula is C18H21FN4O2S. The molecule has 8 heteroatoms. The SMILES string of the molecule is NC(=NCc1cccc(S(=O)(=O)NCc2cccc(F)c2)c1)NC1CC1. The van der Waals surface area contributed by atoms with Crippen molar-refractivity contribution in [2.45, 2.75) is 36.9 Å². The van der Waals surface area contributed by atoms with Crippen molar-refractivity contribution in [1.82, 2.24) is 10.0 Å². The summed E-state index contributed by atoms with van der Waals surface area (Å²) >= 11 is 0. The Kier molecular flexibility index (Phi) is 5.53. The molecule has 0 heterocycles. The van der Waals surface area contributed by atoms with Crippen LogP contribution in [0.4, 0.5) is 4.39 Å². The van der Waals surface area contributed by atoms with E-state index in [4.69, 9.17) is 5.73 Å². The van der Waals surface area contributed by atoms with Gasteiger partial charge in [0.25, 0.3) is 0 Å². The normalized spacial score (nSPS) is 15.0. The maximum Gasteiger partial charge on any atom is 0.240 e. The average molecular weight is 376 g/mol. The summed E-state index contributed by atoms with van der Waals surface area (Å²) in [6, 6.07) is 12.7. The fraction of sp³-hybridized carbons (Fsp3) is 0.278. The largest absolute Gasteiger partial charge is 0.370 e. The third-order valence-corrected chi connectivity index (χ3v) is 5.32. The Morgan fingerprint density at radius 1 is 1.15 bits per heavy atom. The van der Waals surface area contributed by atoms with Crippen molar-refractivity contribution >= 4 is 16.0 Å². The topological polar surface area (TPSA) is 96.6 Å². The van der Waals surface area contributed by atoms with Crippen LogP contribution in [0.5, 0.6) is 0 Å². The molecule has 1 aliphatic rings. The molecule has 3 rings (SSSR count). The van der Waals surface area contributed by atoms with Crippen molar-refractivity contribution in [3.63, 3.8) is 0 Å². The molecule has 0 aliphatic heterocycles. The van der Waals surface area contributed by atoms with Gasteiger partial charge in [0.2, 0.25) is 10.0 Å². The monoisotopic (exact) mass is 376 g/mol. The fourth-order valence-electron chi connectivity index (χ4n) is 2.38. The van der Waals surface area contributed by atoms with E-state index in [1.807, 2.05) is 0 Å². The van der Waals surface area contributed by atoms with Crippen LogP contribution in [0.25, 0.3) is 0 Å². The molecule has 0 radical (unpaired) electrons. The molecule has 6 nitrogen and oxygen atoms in total. The summed E-state index contributed by atoms with van der Waals surface area (Å²) in [6.07, 6.45) is 2.20. The van der Waals surface area contributed by atoms with Crippen LogP contribution in [0.1, 0.15) is 24.0 Å². The lowest BCUT2D eigenvalue weighted by Gasteiger charge is -2.08. The van der Waals surface area contributed by atoms with Gasteiger partial charge in [0.05, 0.1) is 11.4 Å². The number of nitrogens with zero attached hydrogens (tertiary/aromatic N) is 1. The molecule has 2 aromatic carbocycles. The molecule has 0 aromatic heterocycles. The highest BCUT2D eigenvalue weighted by molar-refractivity contribution is 7.89. The zero-order chi connectivity index (χ0) is 18.6. The first-order valence-electron chi connectivity index (χ1n) is 8.32.